The molecule has 0 spiro atoms. The fourth-order valence-corrected chi connectivity index (χ4v) is 2.74. The van der Waals surface area contributed by atoms with Gasteiger partial charge in [-0.1, -0.05) is 54.4 Å². The molecule has 1 N–H and O–H groups in total. The van der Waals surface area contributed by atoms with Crippen LogP contribution in [0.25, 0.3) is 22.3 Å². The molecule has 0 amide bonds. The Kier molecular flexibility index (Phi) is 4.20. The minimum absolute atomic E-state index is 0.619. The molecule has 4 heteroatoms. The Labute approximate surface area is 133 Å². The third-order valence-electron chi connectivity index (χ3n) is 3.40. The molecule has 3 aromatic rings. The molecule has 0 unspecified atom stereocenters. The summed E-state index contributed by atoms with van der Waals surface area (Å²) in [5.41, 5.74) is 2.74. The number of hydrogen-bond donors (Lipinski definition) is 1. The van der Waals surface area contributed by atoms with Crippen molar-refractivity contribution in [2.24, 2.45) is 0 Å². The lowest BCUT2D eigenvalue weighted by Crippen LogP contribution is -2.11. The van der Waals surface area contributed by atoms with Gasteiger partial charge in [0.15, 0.2) is 5.58 Å². The Balaban J connectivity index is 1.98. The van der Waals surface area contributed by atoms with E-state index >= 15 is 0 Å². The smallest absolute Gasteiger partial charge is 0.153 e. The van der Waals surface area contributed by atoms with Crippen LogP contribution < -0.4 is 5.32 Å². The molecular formula is C17H15Cl2NO. The standard InChI is InChI=1S/C17H15Cl2NO/c1-2-20-10-13-7-6-11(8-15(13)19)16-9-12-4-3-5-14(18)17(12)21-16/h3-9,20H,2,10H2,1H3. The van der Waals surface area contributed by atoms with Crippen LogP contribution in [0.3, 0.4) is 0 Å². The van der Waals surface area contributed by atoms with Crippen LogP contribution in [0.2, 0.25) is 10.0 Å². The number of hydrogen-bond acceptors (Lipinski definition) is 2. The number of furan rings is 1. The SMILES string of the molecule is CCNCc1ccc(-c2cc3cccc(Cl)c3o2)cc1Cl. The highest BCUT2D eigenvalue weighted by Gasteiger charge is 2.10. The Morgan fingerprint density at radius 2 is 1.90 bits per heavy atom. The summed E-state index contributed by atoms with van der Waals surface area (Å²) in [4.78, 5) is 0. The van der Waals surface area contributed by atoms with Gasteiger partial charge in [0, 0.05) is 22.5 Å². The van der Waals surface area contributed by atoms with Gasteiger partial charge in [-0.25, -0.2) is 0 Å². The Bertz CT molecular complexity index is 780. The summed E-state index contributed by atoms with van der Waals surface area (Å²) in [5, 5.41) is 5.61. The summed E-state index contributed by atoms with van der Waals surface area (Å²) in [6.07, 6.45) is 0. The molecule has 0 radical (unpaired) electrons. The molecule has 0 atom stereocenters. The van der Waals surface area contributed by atoms with Crippen molar-refractivity contribution in [2.75, 3.05) is 6.54 Å². The maximum absolute atomic E-state index is 6.34. The van der Waals surface area contributed by atoms with Gasteiger partial charge in [-0.05, 0) is 30.3 Å². The van der Waals surface area contributed by atoms with Gasteiger partial charge < -0.3 is 9.73 Å². The highest BCUT2D eigenvalue weighted by molar-refractivity contribution is 6.35. The third-order valence-corrected chi connectivity index (χ3v) is 4.05. The molecule has 0 fully saturated rings. The second-order valence-corrected chi connectivity index (χ2v) is 5.67. The number of fused-ring (bicyclic) bond motifs is 1. The van der Waals surface area contributed by atoms with Crippen molar-refractivity contribution >= 4 is 34.2 Å². The van der Waals surface area contributed by atoms with Crippen molar-refractivity contribution in [1.29, 1.82) is 0 Å². The zero-order valence-electron chi connectivity index (χ0n) is 11.6. The molecule has 0 saturated carbocycles. The van der Waals surface area contributed by atoms with Crippen molar-refractivity contribution in [3.8, 4) is 11.3 Å². The van der Waals surface area contributed by atoms with Crippen LogP contribution >= 0.6 is 23.2 Å². The van der Waals surface area contributed by atoms with Crippen LogP contribution in [0, 0.1) is 0 Å². The van der Waals surface area contributed by atoms with E-state index in [2.05, 4.69) is 12.2 Å². The van der Waals surface area contributed by atoms with Gasteiger partial charge in [0.25, 0.3) is 0 Å². The first-order valence-corrected chi connectivity index (χ1v) is 7.62. The van der Waals surface area contributed by atoms with Crippen molar-refractivity contribution in [2.45, 2.75) is 13.5 Å². The Hall–Kier alpha value is -1.48. The molecule has 0 aliphatic heterocycles. The van der Waals surface area contributed by atoms with E-state index in [9.17, 15) is 0 Å². The van der Waals surface area contributed by atoms with Gasteiger partial charge in [0.1, 0.15) is 5.76 Å². The minimum Gasteiger partial charge on any atom is -0.455 e. The van der Waals surface area contributed by atoms with Crippen molar-refractivity contribution < 1.29 is 4.42 Å². The van der Waals surface area contributed by atoms with Crippen LogP contribution in [-0.2, 0) is 6.54 Å². The molecule has 1 heterocycles. The van der Waals surface area contributed by atoms with E-state index < -0.39 is 0 Å². The molecule has 0 aliphatic carbocycles. The monoisotopic (exact) mass is 319 g/mol. The number of rotatable bonds is 4. The zero-order valence-corrected chi connectivity index (χ0v) is 13.1. The number of halogens is 2. The van der Waals surface area contributed by atoms with Crippen molar-refractivity contribution in [1.82, 2.24) is 5.32 Å². The molecule has 21 heavy (non-hydrogen) atoms. The molecule has 2 nitrogen and oxygen atoms in total. The minimum atomic E-state index is 0.619. The van der Waals surface area contributed by atoms with Gasteiger partial charge in [-0.3, -0.25) is 0 Å². The fourth-order valence-electron chi connectivity index (χ4n) is 2.27. The highest BCUT2D eigenvalue weighted by Crippen LogP contribution is 2.33. The largest absolute Gasteiger partial charge is 0.455 e. The average Bonchev–Trinajstić information content (AvgIpc) is 2.91. The lowest BCUT2D eigenvalue weighted by Gasteiger charge is -2.06. The Morgan fingerprint density at radius 3 is 2.62 bits per heavy atom. The Morgan fingerprint density at radius 1 is 1.05 bits per heavy atom. The van der Waals surface area contributed by atoms with E-state index in [0.717, 1.165) is 40.4 Å². The van der Waals surface area contributed by atoms with Gasteiger partial charge in [0.05, 0.1) is 5.02 Å². The molecule has 1 aromatic heterocycles. The molecular weight excluding hydrogens is 305 g/mol. The molecule has 3 rings (SSSR count). The molecule has 0 bridgehead atoms. The maximum Gasteiger partial charge on any atom is 0.153 e. The van der Waals surface area contributed by atoms with Crippen LogP contribution in [0.15, 0.2) is 46.9 Å². The zero-order chi connectivity index (χ0) is 14.8. The van der Waals surface area contributed by atoms with Gasteiger partial charge in [-0.15, -0.1) is 0 Å². The van der Waals surface area contributed by atoms with E-state index in [1.54, 1.807) is 0 Å². The van der Waals surface area contributed by atoms with Crippen LogP contribution in [0.1, 0.15) is 12.5 Å². The first-order chi connectivity index (χ1) is 10.2. The summed E-state index contributed by atoms with van der Waals surface area (Å²) in [7, 11) is 0. The fraction of sp³-hybridized carbons (Fsp3) is 0.176. The van der Waals surface area contributed by atoms with Gasteiger partial charge in [-0.2, -0.15) is 0 Å². The maximum atomic E-state index is 6.34. The average molecular weight is 320 g/mol. The lowest BCUT2D eigenvalue weighted by atomic mass is 10.1. The van der Waals surface area contributed by atoms with E-state index in [0.29, 0.717) is 10.6 Å². The van der Waals surface area contributed by atoms with Crippen LogP contribution in [0.5, 0.6) is 0 Å². The summed E-state index contributed by atoms with van der Waals surface area (Å²) in [6, 6.07) is 13.7. The molecule has 0 aliphatic rings. The summed E-state index contributed by atoms with van der Waals surface area (Å²) >= 11 is 12.5. The van der Waals surface area contributed by atoms with Gasteiger partial charge >= 0.3 is 0 Å². The van der Waals surface area contributed by atoms with E-state index in [-0.39, 0.29) is 0 Å². The second kappa shape index (κ2) is 6.10. The first-order valence-electron chi connectivity index (χ1n) is 6.86. The summed E-state index contributed by atoms with van der Waals surface area (Å²) in [6.45, 7) is 3.75. The molecule has 2 aromatic carbocycles. The first kappa shape index (κ1) is 14.5. The van der Waals surface area contributed by atoms with E-state index in [1.165, 1.54) is 0 Å². The third kappa shape index (κ3) is 2.93. The number of para-hydroxylation sites is 1. The predicted octanol–water partition coefficient (Wildman–Crippen LogP) is 5.52. The number of benzene rings is 2. The predicted molar refractivity (Wildman–Crippen MR) is 89.1 cm³/mol. The van der Waals surface area contributed by atoms with E-state index in [4.69, 9.17) is 27.6 Å². The number of nitrogens with one attached hydrogen (secondary N) is 1. The van der Waals surface area contributed by atoms with Crippen LogP contribution in [0.4, 0.5) is 0 Å². The topological polar surface area (TPSA) is 25.2 Å². The normalized spacial score (nSPS) is 11.2. The van der Waals surface area contributed by atoms with Crippen molar-refractivity contribution in [3.63, 3.8) is 0 Å². The summed E-state index contributed by atoms with van der Waals surface area (Å²) in [5.74, 6) is 0.773. The second-order valence-electron chi connectivity index (χ2n) is 4.86. The summed E-state index contributed by atoms with van der Waals surface area (Å²) < 4.78 is 5.85. The molecule has 108 valence electrons. The van der Waals surface area contributed by atoms with Crippen molar-refractivity contribution in [3.05, 3.63) is 58.1 Å². The van der Waals surface area contributed by atoms with Gasteiger partial charge in [0.2, 0.25) is 0 Å². The van der Waals surface area contributed by atoms with Crippen LogP contribution in [-0.4, -0.2) is 6.54 Å². The quantitative estimate of drug-likeness (QED) is 0.685. The molecule has 0 saturated heterocycles. The van der Waals surface area contributed by atoms with E-state index in [1.807, 2.05) is 42.5 Å². The lowest BCUT2D eigenvalue weighted by molar-refractivity contribution is 0.631. The highest BCUT2D eigenvalue weighted by atomic mass is 35.5.